The Bertz CT molecular complexity index is 921. The molecule has 0 saturated carbocycles. The highest BCUT2D eigenvalue weighted by molar-refractivity contribution is 6.30. The summed E-state index contributed by atoms with van der Waals surface area (Å²) in [5.74, 6) is -0.328. The van der Waals surface area contributed by atoms with Crippen LogP contribution in [-0.2, 0) is 4.79 Å². The van der Waals surface area contributed by atoms with Gasteiger partial charge in [-0.25, -0.2) is 0 Å². The third-order valence-electron chi connectivity index (χ3n) is 6.07. The van der Waals surface area contributed by atoms with Crippen molar-refractivity contribution in [2.24, 2.45) is 5.92 Å². The van der Waals surface area contributed by atoms with Crippen molar-refractivity contribution in [1.82, 2.24) is 15.1 Å². The first kappa shape index (κ1) is 21.4. The fraction of sp³-hybridized carbons (Fsp3) is 0.435. The molecule has 2 saturated heterocycles. The van der Waals surface area contributed by atoms with Crippen molar-refractivity contribution in [3.8, 4) is 0 Å². The average Bonchev–Trinajstić information content (AvgIpc) is 3.34. The average molecular weight is 444 g/mol. The maximum Gasteiger partial charge on any atom is 0.257 e. The molecule has 1 aromatic carbocycles. The topological polar surface area (TPSA) is 82.9 Å². The minimum absolute atomic E-state index is 0.00628. The van der Waals surface area contributed by atoms with Crippen LogP contribution in [0.5, 0.6) is 0 Å². The van der Waals surface area contributed by atoms with E-state index in [1.807, 2.05) is 0 Å². The predicted octanol–water partition coefficient (Wildman–Crippen LogP) is 3.21. The van der Waals surface area contributed by atoms with Gasteiger partial charge in [0, 0.05) is 42.8 Å². The third kappa shape index (κ3) is 5.10. The first-order chi connectivity index (χ1) is 15.0. The number of halogens is 1. The van der Waals surface area contributed by atoms with E-state index < -0.39 is 0 Å². The number of likely N-dealkylation sites (tertiary alicyclic amines) is 2. The molecule has 164 valence electrons. The summed E-state index contributed by atoms with van der Waals surface area (Å²) >= 11 is 5.91. The molecule has 1 atom stereocenters. The molecule has 1 aromatic heterocycles. The molecular formula is C23H26ClN3O4. The molecule has 2 aromatic rings. The second-order valence-electron chi connectivity index (χ2n) is 8.18. The summed E-state index contributed by atoms with van der Waals surface area (Å²) in [7, 11) is 0. The Hall–Kier alpha value is -2.80. The number of carbonyl (C=O) groups is 3. The van der Waals surface area contributed by atoms with E-state index in [9.17, 15) is 14.4 Å². The van der Waals surface area contributed by atoms with Crippen LogP contribution in [0.15, 0.2) is 47.3 Å². The molecule has 3 amide bonds. The molecular weight excluding hydrogens is 418 g/mol. The lowest BCUT2D eigenvalue weighted by molar-refractivity contribution is -0.127. The minimum Gasteiger partial charge on any atom is -0.472 e. The summed E-state index contributed by atoms with van der Waals surface area (Å²) in [6.45, 7) is 2.27. The molecule has 2 fully saturated rings. The molecule has 4 rings (SSSR count). The first-order valence-corrected chi connectivity index (χ1v) is 11.1. The van der Waals surface area contributed by atoms with Crippen LogP contribution in [0, 0.1) is 5.92 Å². The zero-order valence-electron chi connectivity index (χ0n) is 17.3. The number of hydrogen-bond acceptors (Lipinski definition) is 4. The van der Waals surface area contributed by atoms with E-state index in [4.69, 9.17) is 16.0 Å². The van der Waals surface area contributed by atoms with E-state index in [1.165, 1.54) is 12.5 Å². The third-order valence-corrected chi connectivity index (χ3v) is 6.32. The number of carbonyl (C=O) groups excluding carboxylic acids is 3. The summed E-state index contributed by atoms with van der Waals surface area (Å²) in [4.78, 5) is 41.6. The van der Waals surface area contributed by atoms with Gasteiger partial charge >= 0.3 is 0 Å². The van der Waals surface area contributed by atoms with Crippen LogP contribution in [-0.4, -0.2) is 59.7 Å². The summed E-state index contributed by atoms with van der Waals surface area (Å²) in [6, 6.07) is 8.54. The van der Waals surface area contributed by atoms with E-state index in [2.05, 4.69) is 5.32 Å². The van der Waals surface area contributed by atoms with E-state index in [1.54, 1.807) is 40.1 Å². The Morgan fingerprint density at radius 2 is 1.61 bits per heavy atom. The SMILES string of the molecule is O=C(NC1CCN(C(=O)c2ccoc2)CC1)C1CCCN(C(=O)c2ccc(Cl)cc2)C1. The van der Waals surface area contributed by atoms with Crippen molar-refractivity contribution in [3.63, 3.8) is 0 Å². The van der Waals surface area contributed by atoms with E-state index in [0.717, 1.165) is 25.7 Å². The number of piperidine rings is 2. The van der Waals surface area contributed by atoms with Gasteiger partial charge in [0.25, 0.3) is 11.8 Å². The number of nitrogens with zero attached hydrogens (tertiary/aromatic N) is 2. The normalized spacial score (nSPS) is 19.8. The van der Waals surface area contributed by atoms with Gasteiger partial charge in [-0.2, -0.15) is 0 Å². The maximum absolute atomic E-state index is 12.9. The molecule has 2 aliphatic heterocycles. The van der Waals surface area contributed by atoms with Crippen molar-refractivity contribution in [2.45, 2.75) is 31.7 Å². The molecule has 1 unspecified atom stereocenters. The molecule has 3 heterocycles. The summed E-state index contributed by atoms with van der Waals surface area (Å²) in [6.07, 6.45) is 5.95. The Kier molecular flexibility index (Phi) is 6.61. The number of benzene rings is 1. The van der Waals surface area contributed by atoms with Crippen LogP contribution in [0.4, 0.5) is 0 Å². The van der Waals surface area contributed by atoms with Crippen molar-refractivity contribution in [3.05, 3.63) is 59.0 Å². The number of rotatable bonds is 4. The zero-order chi connectivity index (χ0) is 21.8. The van der Waals surface area contributed by atoms with Crippen LogP contribution < -0.4 is 5.32 Å². The number of hydrogen-bond donors (Lipinski definition) is 1. The second-order valence-corrected chi connectivity index (χ2v) is 8.62. The lowest BCUT2D eigenvalue weighted by atomic mass is 9.95. The predicted molar refractivity (Wildman–Crippen MR) is 116 cm³/mol. The van der Waals surface area contributed by atoms with E-state index >= 15 is 0 Å². The van der Waals surface area contributed by atoms with Crippen LogP contribution in [0.1, 0.15) is 46.4 Å². The lowest BCUT2D eigenvalue weighted by Crippen LogP contribution is -2.50. The molecule has 0 radical (unpaired) electrons. The smallest absolute Gasteiger partial charge is 0.257 e. The van der Waals surface area contributed by atoms with Gasteiger partial charge in [-0.3, -0.25) is 14.4 Å². The van der Waals surface area contributed by atoms with Crippen molar-refractivity contribution < 1.29 is 18.8 Å². The number of furan rings is 1. The molecule has 0 bridgehead atoms. The number of nitrogens with one attached hydrogen (secondary N) is 1. The first-order valence-electron chi connectivity index (χ1n) is 10.7. The Labute approximate surface area is 186 Å². The Morgan fingerprint density at radius 1 is 0.903 bits per heavy atom. The van der Waals surface area contributed by atoms with E-state index in [-0.39, 0.29) is 29.7 Å². The summed E-state index contributed by atoms with van der Waals surface area (Å²) in [5.41, 5.74) is 1.13. The fourth-order valence-corrected chi connectivity index (χ4v) is 4.39. The molecule has 31 heavy (non-hydrogen) atoms. The van der Waals surface area contributed by atoms with Crippen LogP contribution in [0.3, 0.4) is 0 Å². The highest BCUT2D eigenvalue weighted by Crippen LogP contribution is 2.21. The lowest BCUT2D eigenvalue weighted by Gasteiger charge is -2.35. The van der Waals surface area contributed by atoms with Gasteiger partial charge in [-0.05, 0) is 56.0 Å². The summed E-state index contributed by atoms with van der Waals surface area (Å²) in [5, 5.41) is 3.73. The van der Waals surface area contributed by atoms with Crippen molar-refractivity contribution >= 4 is 29.3 Å². The van der Waals surface area contributed by atoms with Gasteiger partial charge in [0.15, 0.2) is 0 Å². The monoisotopic (exact) mass is 443 g/mol. The maximum atomic E-state index is 12.9. The quantitative estimate of drug-likeness (QED) is 0.786. The largest absolute Gasteiger partial charge is 0.472 e. The van der Waals surface area contributed by atoms with Gasteiger partial charge < -0.3 is 19.5 Å². The fourth-order valence-electron chi connectivity index (χ4n) is 4.27. The molecule has 0 aliphatic carbocycles. The van der Waals surface area contributed by atoms with Gasteiger partial charge in [-0.1, -0.05) is 11.6 Å². The molecule has 7 nitrogen and oxygen atoms in total. The minimum atomic E-state index is -0.212. The Balaban J connectivity index is 1.27. The zero-order valence-corrected chi connectivity index (χ0v) is 18.0. The molecule has 8 heteroatoms. The standard InChI is InChI=1S/C23H26ClN3O4/c24-19-5-3-16(4-6-19)22(29)27-10-1-2-17(14-27)21(28)25-20-7-11-26(12-8-20)23(30)18-9-13-31-15-18/h3-6,9,13,15,17,20H,1-2,7-8,10-12,14H2,(H,25,28). The molecule has 0 spiro atoms. The van der Waals surface area contributed by atoms with Crippen LogP contribution in [0.2, 0.25) is 5.02 Å². The van der Waals surface area contributed by atoms with Gasteiger partial charge in [0.2, 0.25) is 5.91 Å². The van der Waals surface area contributed by atoms with Gasteiger partial charge in [0.05, 0.1) is 17.7 Å². The second kappa shape index (κ2) is 9.56. The van der Waals surface area contributed by atoms with Crippen molar-refractivity contribution in [2.75, 3.05) is 26.2 Å². The summed E-state index contributed by atoms with van der Waals surface area (Å²) < 4.78 is 4.99. The van der Waals surface area contributed by atoms with Crippen LogP contribution >= 0.6 is 11.6 Å². The van der Waals surface area contributed by atoms with Crippen LogP contribution in [0.25, 0.3) is 0 Å². The van der Waals surface area contributed by atoms with Gasteiger partial charge in [-0.15, -0.1) is 0 Å². The number of amides is 3. The van der Waals surface area contributed by atoms with Gasteiger partial charge in [0.1, 0.15) is 6.26 Å². The van der Waals surface area contributed by atoms with E-state index in [0.29, 0.717) is 42.3 Å². The molecule has 2 aliphatic rings. The highest BCUT2D eigenvalue weighted by Gasteiger charge is 2.31. The Morgan fingerprint density at radius 3 is 2.29 bits per heavy atom. The van der Waals surface area contributed by atoms with Crippen molar-refractivity contribution in [1.29, 1.82) is 0 Å². The molecule has 1 N–H and O–H groups in total. The highest BCUT2D eigenvalue weighted by atomic mass is 35.5.